The lowest BCUT2D eigenvalue weighted by atomic mass is 10.1. The van der Waals surface area contributed by atoms with Crippen molar-refractivity contribution in [1.29, 1.82) is 0 Å². The van der Waals surface area contributed by atoms with Crippen molar-refractivity contribution in [3.05, 3.63) is 30.1 Å². The van der Waals surface area contributed by atoms with Gasteiger partial charge >= 0.3 is 0 Å². The van der Waals surface area contributed by atoms with Crippen LogP contribution in [0.2, 0.25) is 0 Å². The summed E-state index contributed by atoms with van der Waals surface area (Å²) in [6.07, 6.45) is 4.38. The van der Waals surface area contributed by atoms with E-state index in [0.29, 0.717) is 6.42 Å². The van der Waals surface area contributed by atoms with Crippen molar-refractivity contribution in [2.75, 3.05) is 14.1 Å². The number of carbonyl (C=O) groups excluding carboxylic acids is 1. The molecule has 0 spiro atoms. The molecular formula is C14H24N4O. The van der Waals surface area contributed by atoms with Crippen LogP contribution in [0.25, 0.3) is 0 Å². The van der Waals surface area contributed by atoms with Gasteiger partial charge in [0.2, 0.25) is 5.91 Å². The van der Waals surface area contributed by atoms with Crippen molar-refractivity contribution in [3.63, 3.8) is 0 Å². The molecule has 1 atom stereocenters. The number of rotatable bonds is 7. The van der Waals surface area contributed by atoms with Crippen LogP contribution in [0.5, 0.6) is 0 Å². The van der Waals surface area contributed by atoms with Crippen molar-refractivity contribution >= 4 is 5.91 Å². The van der Waals surface area contributed by atoms with E-state index in [2.05, 4.69) is 28.8 Å². The van der Waals surface area contributed by atoms with E-state index < -0.39 is 0 Å². The molecule has 19 heavy (non-hydrogen) atoms. The minimum Gasteiger partial charge on any atom is -0.359 e. The Morgan fingerprint density at radius 3 is 2.95 bits per heavy atom. The van der Waals surface area contributed by atoms with E-state index in [9.17, 15) is 4.79 Å². The van der Waals surface area contributed by atoms with Gasteiger partial charge in [0.15, 0.2) is 0 Å². The predicted octanol–water partition coefficient (Wildman–Crippen LogP) is 1.33. The SMILES string of the molecule is C=CCn1cc(CN(C)C(C)CC(=O)NC)c(C)n1. The monoisotopic (exact) mass is 264 g/mol. The fourth-order valence-corrected chi connectivity index (χ4v) is 1.89. The highest BCUT2D eigenvalue weighted by atomic mass is 16.1. The largest absolute Gasteiger partial charge is 0.359 e. The van der Waals surface area contributed by atoms with Crippen LogP contribution >= 0.6 is 0 Å². The number of nitrogens with zero attached hydrogens (tertiary/aromatic N) is 3. The number of amides is 1. The van der Waals surface area contributed by atoms with Crippen LogP contribution in [0.4, 0.5) is 0 Å². The van der Waals surface area contributed by atoms with E-state index in [1.807, 2.05) is 30.9 Å². The molecule has 0 radical (unpaired) electrons. The van der Waals surface area contributed by atoms with Crippen molar-refractivity contribution in [2.45, 2.75) is 39.4 Å². The van der Waals surface area contributed by atoms with Crippen LogP contribution in [0, 0.1) is 6.92 Å². The normalized spacial score (nSPS) is 12.5. The topological polar surface area (TPSA) is 50.2 Å². The lowest BCUT2D eigenvalue weighted by molar-refractivity contribution is -0.121. The molecule has 0 aliphatic heterocycles. The van der Waals surface area contributed by atoms with Gasteiger partial charge in [-0.3, -0.25) is 14.4 Å². The lowest BCUT2D eigenvalue weighted by Gasteiger charge is -2.23. The fourth-order valence-electron chi connectivity index (χ4n) is 1.89. The van der Waals surface area contributed by atoms with E-state index in [0.717, 1.165) is 18.8 Å². The Labute approximate surface area is 115 Å². The third-order valence-electron chi connectivity index (χ3n) is 3.30. The molecule has 1 amide bonds. The quantitative estimate of drug-likeness (QED) is 0.756. The Bertz CT molecular complexity index is 439. The zero-order chi connectivity index (χ0) is 14.4. The third-order valence-corrected chi connectivity index (χ3v) is 3.30. The second kappa shape index (κ2) is 7.09. The number of hydrogen-bond donors (Lipinski definition) is 1. The number of carbonyl (C=O) groups is 1. The first-order valence-electron chi connectivity index (χ1n) is 6.52. The van der Waals surface area contributed by atoms with E-state index in [4.69, 9.17) is 0 Å². The van der Waals surface area contributed by atoms with Gasteiger partial charge < -0.3 is 5.32 Å². The molecule has 5 heteroatoms. The molecule has 0 bridgehead atoms. The standard InChI is InChI=1S/C14H24N4O/c1-6-7-18-10-13(12(3)16-18)9-17(5)11(2)8-14(19)15-4/h6,10-11H,1,7-9H2,2-5H3,(H,15,19). The maximum atomic E-state index is 11.4. The Balaban J connectivity index is 2.62. The molecule has 0 aliphatic carbocycles. The van der Waals surface area contributed by atoms with Crippen molar-refractivity contribution in [2.24, 2.45) is 0 Å². The molecule has 0 saturated carbocycles. The maximum Gasteiger partial charge on any atom is 0.221 e. The van der Waals surface area contributed by atoms with Crippen molar-refractivity contribution in [1.82, 2.24) is 20.0 Å². The van der Waals surface area contributed by atoms with Gasteiger partial charge in [-0.25, -0.2) is 0 Å². The summed E-state index contributed by atoms with van der Waals surface area (Å²) in [4.78, 5) is 13.5. The molecule has 1 heterocycles. The zero-order valence-corrected chi connectivity index (χ0v) is 12.3. The van der Waals surface area contributed by atoms with Gasteiger partial charge in [-0.2, -0.15) is 5.10 Å². The summed E-state index contributed by atoms with van der Waals surface area (Å²) >= 11 is 0. The molecule has 1 unspecified atom stereocenters. The predicted molar refractivity (Wildman–Crippen MR) is 76.8 cm³/mol. The average Bonchev–Trinajstić information content (AvgIpc) is 2.70. The van der Waals surface area contributed by atoms with Crippen LogP contribution in [-0.4, -0.2) is 40.7 Å². The van der Waals surface area contributed by atoms with Gasteiger partial charge in [0.25, 0.3) is 0 Å². The molecule has 0 fully saturated rings. The first kappa shape index (κ1) is 15.4. The van der Waals surface area contributed by atoms with Gasteiger partial charge in [-0.05, 0) is 20.9 Å². The first-order valence-corrected chi connectivity index (χ1v) is 6.52. The minimum absolute atomic E-state index is 0.0680. The summed E-state index contributed by atoms with van der Waals surface area (Å²) in [6, 6.07) is 0.196. The van der Waals surface area contributed by atoms with E-state index in [1.54, 1.807) is 7.05 Å². The summed E-state index contributed by atoms with van der Waals surface area (Å²) in [7, 11) is 3.69. The Kier molecular flexibility index (Phi) is 5.76. The summed E-state index contributed by atoms with van der Waals surface area (Å²) < 4.78 is 1.88. The second-order valence-corrected chi connectivity index (χ2v) is 4.89. The van der Waals surface area contributed by atoms with Crippen LogP contribution in [-0.2, 0) is 17.9 Å². The second-order valence-electron chi connectivity index (χ2n) is 4.89. The molecule has 5 nitrogen and oxygen atoms in total. The average molecular weight is 264 g/mol. The molecule has 1 rings (SSSR count). The maximum absolute atomic E-state index is 11.4. The number of aromatic nitrogens is 2. The highest BCUT2D eigenvalue weighted by molar-refractivity contribution is 5.76. The number of aryl methyl sites for hydroxylation is 1. The van der Waals surface area contributed by atoms with Gasteiger partial charge in [-0.1, -0.05) is 6.08 Å². The van der Waals surface area contributed by atoms with Gasteiger partial charge in [0, 0.05) is 37.8 Å². The van der Waals surface area contributed by atoms with Crippen molar-refractivity contribution in [3.8, 4) is 0 Å². The fraction of sp³-hybridized carbons (Fsp3) is 0.571. The third kappa shape index (κ3) is 4.52. The first-order chi connectivity index (χ1) is 8.97. The van der Waals surface area contributed by atoms with E-state index in [-0.39, 0.29) is 11.9 Å². The number of allylic oxidation sites excluding steroid dienone is 1. The summed E-state index contributed by atoms with van der Waals surface area (Å²) in [6.45, 7) is 9.28. The van der Waals surface area contributed by atoms with E-state index >= 15 is 0 Å². The number of nitrogens with one attached hydrogen (secondary N) is 1. The van der Waals surface area contributed by atoms with Crippen LogP contribution in [0.3, 0.4) is 0 Å². The molecule has 106 valence electrons. The molecule has 0 aromatic carbocycles. The van der Waals surface area contributed by atoms with Gasteiger partial charge in [-0.15, -0.1) is 6.58 Å². The highest BCUT2D eigenvalue weighted by Crippen LogP contribution is 2.12. The van der Waals surface area contributed by atoms with Gasteiger partial charge in [0.05, 0.1) is 12.2 Å². The summed E-state index contributed by atoms with van der Waals surface area (Å²) in [5.74, 6) is 0.0680. The van der Waals surface area contributed by atoms with Crippen molar-refractivity contribution < 1.29 is 4.79 Å². The molecular weight excluding hydrogens is 240 g/mol. The molecule has 1 aromatic heterocycles. The summed E-state index contributed by atoms with van der Waals surface area (Å²) in [5.41, 5.74) is 2.22. The smallest absolute Gasteiger partial charge is 0.221 e. The molecule has 0 saturated heterocycles. The van der Waals surface area contributed by atoms with Gasteiger partial charge in [0.1, 0.15) is 0 Å². The molecule has 1 N–H and O–H groups in total. The molecule has 0 aliphatic rings. The minimum atomic E-state index is 0.0680. The van der Waals surface area contributed by atoms with E-state index in [1.165, 1.54) is 5.56 Å². The van der Waals surface area contributed by atoms with Crippen LogP contribution in [0.1, 0.15) is 24.6 Å². The summed E-state index contributed by atoms with van der Waals surface area (Å²) in [5, 5.41) is 7.08. The Morgan fingerprint density at radius 1 is 1.68 bits per heavy atom. The van der Waals surface area contributed by atoms with Crippen LogP contribution < -0.4 is 5.32 Å². The Morgan fingerprint density at radius 2 is 2.37 bits per heavy atom. The Hall–Kier alpha value is -1.62. The lowest BCUT2D eigenvalue weighted by Crippen LogP contribution is -2.33. The highest BCUT2D eigenvalue weighted by Gasteiger charge is 2.15. The zero-order valence-electron chi connectivity index (χ0n) is 12.3. The molecule has 1 aromatic rings. The number of hydrogen-bond acceptors (Lipinski definition) is 3. The van der Waals surface area contributed by atoms with Crippen LogP contribution in [0.15, 0.2) is 18.9 Å².